The molecule has 2 N–H and O–H groups in total. The number of hydrogen-bond donors (Lipinski definition) is 2. The molecule has 2 rings (SSSR count). The van der Waals surface area contributed by atoms with Crippen LogP contribution in [0.2, 0.25) is 0 Å². The van der Waals surface area contributed by atoms with Crippen LogP contribution >= 0.6 is 12.2 Å². The largest absolute Gasteiger partial charge is 0.489 e. The van der Waals surface area contributed by atoms with Crippen molar-refractivity contribution in [2.45, 2.75) is 40.0 Å². The topological polar surface area (TPSA) is 50.4 Å². The Balaban J connectivity index is 1.92. The minimum Gasteiger partial charge on any atom is -0.489 e. The molecule has 0 aliphatic heterocycles. The quantitative estimate of drug-likeness (QED) is 0.448. The Hall–Kier alpha value is -2.66. The number of carbonyl (C=O) groups is 1. The third-order valence-corrected chi connectivity index (χ3v) is 4.53. The molecule has 0 aromatic heterocycles. The number of nitrogens with one attached hydrogen (secondary N) is 2. The third-order valence-electron chi connectivity index (χ3n) is 4.33. The van der Waals surface area contributed by atoms with Crippen LogP contribution in [0.25, 0.3) is 0 Å². The fourth-order valence-electron chi connectivity index (χ4n) is 2.82. The Morgan fingerprint density at radius 1 is 1.14 bits per heavy atom. The Bertz CT molecular complexity index is 859. The Morgan fingerprint density at radius 2 is 1.83 bits per heavy atom. The molecule has 5 heteroatoms. The molecule has 4 nitrogen and oxygen atoms in total. The van der Waals surface area contributed by atoms with E-state index in [9.17, 15) is 4.79 Å². The van der Waals surface area contributed by atoms with Crippen molar-refractivity contribution in [1.29, 1.82) is 0 Å². The summed E-state index contributed by atoms with van der Waals surface area (Å²) < 4.78 is 5.63. The van der Waals surface area contributed by atoms with Crippen molar-refractivity contribution >= 4 is 28.9 Å². The van der Waals surface area contributed by atoms with Gasteiger partial charge in [0, 0.05) is 11.8 Å². The van der Waals surface area contributed by atoms with Gasteiger partial charge < -0.3 is 15.4 Å². The fourth-order valence-corrected chi connectivity index (χ4v) is 3.04. The molecular formula is C24H30N2O2S. The smallest absolute Gasteiger partial charge is 0.233 e. The first-order valence-electron chi connectivity index (χ1n) is 9.82. The molecule has 1 unspecified atom stereocenters. The summed E-state index contributed by atoms with van der Waals surface area (Å²) in [5, 5.41) is 6.06. The van der Waals surface area contributed by atoms with E-state index in [1.54, 1.807) is 0 Å². The van der Waals surface area contributed by atoms with Crippen molar-refractivity contribution in [1.82, 2.24) is 5.32 Å². The molecule has 0 aliphatic carbocycles. The average Bonchev–Trinajstić information content (AvgIpc) is 2.66. The van der Waals surface area contributed by atoms with E-state index in [1.807, 2.05) is 50.2 Å². The van der Waals surface area contributed by atoms with Gasteiger partial charge in [0.25, 0.3) is 0 Å². The number of hydrogen-bond acceptors (Lipinski definition) is 3. The summed E-state index contributed by atoms with van der Waals surface area (Å²) in [4.78, 5) is 12.6. The minimum atomic E-state index is -0.298. The maximum absolute atomic E-state index is 12.6. The van der Waals surface area contributed by atoms with Crippen LogP contribution in [0.3, 0.4) is 0 Å². The Labute approximate surface area is 179 Å². The third kappa shape index (κ3) is 7.70. The molecular weight excluding hydrogens is 380 g/mol. The van der Waals surface area contributed by atoms with Crippen molar-refractivity contribution < 1.29 is 9.53 Å². The van der Waals surface area contributed by atoms with Crippen molar-refractivity contribution in [3.05, 3.63) is 71.8 Å². The normalized spacial score (nSPS) is 11.6. The van der Waals surface area contributed by atoms with E-state index in [2.05, 4.69) is 43.2 Å². The van der Waals surface area contributed by atoms with Crippen molar-refractivity contribution in [2.75, 3.05) is 11.9 Å². The second-order valence-corrected chi connectivity index (χ2v) is 8.19. The second-order valence-electron chi connectivity index (χ2n) is 7.78. The molecule has 1 atom stereocenters. The average molecular weight is 411 g/mol. The zero-order valence-electron chi connectivity index (χ0n) is 17.6. The molecule has 2 aromatic carbocycles. The van der Waals surface area contributed by atoms with Gasteiger partial charge in [0.15, 0.2) is 5.11 Å². The van der Waals surface area contributed by atoms with Crippen LogP contribution in [-0.2, 0) is 11.2 Å². The van der Waals surface area contributed by atoms with Gasteiger partial charge in [0.05, 0.1) is 5.92 Å². The fraction of sp³-hybridized carbons (Fsp3) is 0.333. The SMILES string of the molecule is C=C(C)COc1cccc(NC(=S)NC(=O)C(C)c2ccc(CC(C)C)cc2)c1. The molecule has 29 heavy (non-hydrogen) atoms. The van der Waals surface area contributed by atoms with Crippen LogP contribution in [0.5, 0.6) is 5.75 Å². The van der Waals surface area contributed by atoms with E-state index in [0.717, 1.165) is 23.2 Å². The van der Waals surface area contributed by atoms with Gasteiger partial charge in [-0.2, -0.15) is 0 Å². The standard InChI is InChI=1S/C24H30N2O2S/c1-16(2)13-19-9-11-20(12-10-19)18(5)23(27)26-24(29)25-21-7-6-8-22(14-21)28-15-17(3)4/h6-12,14,16,18H,3,13,15H2,1-2,4-5H3,(H2,25,26,27,29). The highest BCUT2D eigenvalue weighted by Crippen LogP contribution is 2.19. The molecule has 0 aliphatic rings. The molecule has 0 radical (unpaired) electrons. The van der Waals surface area contributed by atoms with Gasteiger partial charge in [-0.15, -0.1) is 0 Å². The molecule has 0 bridgehead atoms. The predicted octanol–water partition coefficient (Wildman–Crippen LogP) is 5.46. The highest BCUT2D eigenvalue weighted by atomic mass is 32.1. The van der Waals surface area contributed by atoms with Gasteiger partial charge in [-0.25, -0.2) is 0 Å². The zero-order chi connectivity index (χ0) is 21.4. The molecule has 0 saturated heterocycles. The monoisotopic (exact) mass is 410 g/mol. The summed E-state index contributed by atoms with van der Waals surface area (Å²) >= 11 is 5.30. The molecule has 0 heterocycles. The van der Waals surface area contributed by atoms with Crippen LogP contribution in [0.1, 0.15) is 44.7 Å². The number of amides is 1. The molecule has 2 aromatic rings. The first-order chi connectivity index (χ1) is 13.7. The van der Waals surface area contributed by atoms with E-state index in [0.29, 0.717) is 18.3 Å². The number of benzene rings is 2. The van der Waals surface area contributed by atoms with Crippen molar-refractivity contribution in [3.63, 3.8) is 0 Å². The van der Waals surface area contributed by atoms with Gasteiger partial charge >= 0.3 is 0 Å². The first-order valence-corrected chi connectivity index (χ1v) is 10.2. The van der Waals surface area contributed by atoms with Crippen LogP contribution in [0.15, 0.2) is 60.7 Å². The lowest BCUT2D eigenvalue weighted by molar-refractivity contribution is -0.120. The lowest BCUT2D eigenvalue weighted by Crippen LogP contribution is -2.36. The number of anilines is 1. The van der Waals surface area contributed by atoms with Crippen LogP contribution in [-0.4, -0.2) is 17.6 Å². The van der Waals surface area contributed by atoms with Gasteiger partial charge in [0.2, 0.25) is 5.91 Å². The summed E-state index contributed by atoms with van der Waals surface area (Å²) in [6.07, 6.45) is 1.03. The highest BCUT2D eigenvalue weighted by molar-refractivity contribution is 7.80. The van der Waals surface area contributed by atoms with E-state index >= 15 is 0 Å². The van der Waals surface area contributed by atoms with Crippen LogP contribution in [0.4, 0.5) is 5.69 Å². The maximum Gasteiger partial charge on any atom is 0.233 e. The predicted molar refractivity (Wildman–Crippen MR) is 125 cm³/mol. The van der Waals surface area contributed by atoms with E-state index < -0.39 is 0 Å². The van der Waals surface area contributed by atoms with Gasteiger partial charge in [-0.3, -0.25) is 4.79 Å². The van der Waals surface area contributed by atoms with Gasteiger partial charge in [0.1, 0.15) is 12.4 Å². The van der Waals surface area contributed by atoms with Crippen LogP contribution in [0, 0.1) is 5.92 Å². The Kier molecular flexibility index (Phi) is 8.40. The van der Waals surface area contributed by atoms with Gasteiger partial charge in [-0.1, -0.05) is 50.8 Å². The lowest BCUT2D eigenvalue weighted by atomic mass is 9.96. The summed E-state index contributed by atoms with van der Waals surface area (Å²) in [6, 6.07) is 15.6. The summed E-state index contributed by atoms with van der Waals surface area (Å²) in [6.45, 7) is 12.5. The molecule has 1 amide bonds. The highest BCUT2D eigenvalue weighted by Gasteiger charge is 2.16. The zero-order valence-corrected chi connectivity index (χ0v) is 18.4. The summed E-state index contributed by atoms with van der Waals surface area (Å²) in [5.41, 5.74) is 3.94. The molecule has 0 spiro atoms. The van der Waals surface area contributed by atoms with Crippen molar-refractivity contribution in [2.24, 2.45) is 5.92 Å². The number of rotatable bonds is 8. The number of thiocarbonyl (C=S) groups is 1. The Morgan fingerprint density at radius 3 is 2.45 bits per heavy atom. The van der Waals surface area contributed by atoms with E-state index in [4.69, 9.17) is 17.0 Å². The van der Waals surface area contributed by atoms with Crippen LogP contribution < -0.4 is 15.4 Å². The maximum atomic E-state index is 12.6. The first kappa shape index (κ1) is 22.6. The van der Waals surface area contributed by atoms with E-state index in [1.165, 1.54) is 5.56 Å². The van der Waals surface area contributed by atoms with Gasteiger partial charge in [-0.05, 0) is 67.2 Å². The van der Waals surface area contributed by atoms with Crippen molar-refractivity contribution in [3.8, 4) is 5.75 Å². The molecule has 0 saturated carbocycles. The number of carbonyl (C=O) groups excluding carboxylic acids is 1. The number of ether oxygens (including phenoxy) is 1. The lowest BCUT2D eigenvalue weighted by Gasteiger charge is -2.15. The summed E-state index contributed by atoms with van der Waals surface area (Å²) in [5.74, 6) is 0.874. The molecule has 0 fully saturated rings. The molecule has 154 valence electrons. The van der Waals surface area contributed by atoms with E-state index in [-0.39, 0.29) is 16.9 Å². The second kappa shape index (κ2) is 10.8. The minimum absolute atomic E-state index is 0.145. The summed E-state index contributed by atoms with van der Waals surface area (Å²) in [7, 11) is 0.